The molecule has 0 aromatic rings. The first kappa shape index (κ1) is 7.07. The van der Waals surface area contributed by atoms with Crippen molar-refractivity contribution in [2.75, 3.05) is 13.2 Å². The molecule has 0 unspecified atom stereocenters. The number of ketones is 1. The van der Waals surface area contributed by atoms with Crippen LogP contribution in [0.15, 0.2) is 0 Å². The molecular formula is C10H14O2. The van der Waals surface area contributed by atoms with E-state index in [1.807, 2.05) is 0 Å². The highest BCUT2D eigenvalue weighted by atomic mass is 16.5. The van der Waals surface area contributed by atoms with Crippen LogP contribution in [0.25, 0.3) is 0 Å². The molecule has 0 radical (unpaired) electrons. The molecule has 2 aliphatic carbocycles. The third-order valence-electron chi connectivity index (χ3n) is 3.77. The lowest BCUT2D eigenvalue weighted by Crippen LogP contribution is -2.26. The molecular weight excluding hydrogens is 152 g/mol. The van der Waals surface area contributed by atoms with Crippen LogP contribution in [0.3, 0.4) is 0 Å². The van der Waals surface area contributed by atoms with E-state index >= 15 is 0 Å². The number of hydrogen-bond acceptors (Lipinski definition) is 2. The number of carbonyl (C=O) groups excluding carboxylic acids is 1. The Morgan fingerprint density at radius 3 is 2.33 bits per heavy atom. The first-order valence-electron chi connectivity index (χ1n) is 4.95. The van der Waals surface area contributed by atoms with Crippen molar-refractivity contribution in [2.45, 2.75) is 25.7 Å². The van der Waals surface area contributed by atoms with Gasteiger partial charge in [0.2, 0.25) is 0 Å². The molecule has 12 heavy (non-hydrogen) atoms. The zero-order valence-electron chi connectivity index (χ0n) is 7.21. The summed E-state index contributed by atoms with van der Waals surface area (Å²) in [6.45, 7) is 1.61. The van der Waals surface area contributed by atoms with Gasteiger partial charge in [0, 0.05) is 24.5 Å². The lowest BCUT2D eigenvalue weighted by Gasteiger charge is -2.21. The molecule has 1 aliphatic heterocycles. The lowest BCUT2D eigenvalue weighted by atomic mass is 9.89. The van der Waals surface area contributed by atoms with Crippen LogP contribution in [0.4, 0.5) is 0 Å². The average molecular weight is 166 g/mol. The zero-order valence-corrected chi connectivity index (χ0v) is 7.21. The Balaban J connectivity index is 1.67. The summed E-state index contributed by atoms with van der Waals surface area (Å²) in [6.07, 6.45) is 4.38. The summed E-state index contributed by atoms with van der Waals surface area (Å²) < 4.78 is 5.24. The first-order chi connectivity index (χ1) is 5.83. The van der Waals surface area contributed by atoms with Crippen molar-refractivity contribution in [3.05, 3.63) is 0 Å². The van der Waals surface area contributed by atoms with E-state index in [2.05, 4.69) is 0 Å². The molecule has 0 aromatic heterocycles. The molecule has 0 bridgehead atoms. The fourth-order valence-electron chi connectivity index (χ4n) is 2.47. The molecule has 1 heterocycles. The second-order valence-electron chi connectivity index (χ2n) is 4.51. The van der Waals surface area contributed by atoms with E-state index in [4.69, 9.17) is 4.74 Å². The van der Waals surface area contributed by atoms with Gasteiger partial charge in [0.1, 0.15) is 5.78 Å². The van der Waals surface area contributed by atoms with E-state index in [1.54, 1.807) is 0 Å². The van der Waals surface area contributed by atoms with Gasteiger partial charge in [-0.05, 0) is 31.6 Å². The molecule has 0 atom stereocenters. The van der Waals surface area contributed by atoms with Gasteiger partial charge >= 0.3 is 0 Å². The second kappa shape index (κ2) is 2.11. The van der Waals surface area contributed by atoms with Gasteiger partial charge in [-0.2, -0.15) is 0 Å². The van der Waals surface area contributed by atoms with Gasteiger partial charge in [-0.1, -0.05) is 0 Å². The lowest BCUT2D eigenvalue weighted by molar-refractivity contribution is -0.128. The van der Waals surface area contributed by atoms with Gasteiger partial charge in [0.05, 0.1) is 0 Å². The van der Waals surface area contributed by atoms with Crippen molar-refractivity contribution in [2.24, 2.45) is 17.3 Å². The maximum absolute atomic E-state index is 11.9. The summed E-state index contributed by atoms with van der Waals surface area (Å²) in [7, 11) is 0. The van der Waals surface area contributed by atoms with Crippen LogP contribution in [0.5, 0.6) is 0 Å². The SMILES string of the molecule is O=C(C1CCOCC1)C12CC1C2. The van der Waals surface area contributed by atoms with E-state index in [0.717, 1.165) is 32.0 Å². The van der Waals surface area contributed by atoms with Crippen LogP contribution in [0, 0.1) is 17.3 Å². The van der Waals surface area contributed by atoms with Gasteiger partial charge in [-0.25, -0.2) is 0 Å². The molecule has 3 fully saturated rings. The van der Waals surface area contributed by atoms with Crippen LogP contribution in [-0.4, -0.2) is 19.0 Å². The molecule has 2 nitrogen and oxygen atoms in total. The quantitative estimate of drug-likeness (QED) is 0.619. The largest absolute Gasteiger partial charge is 0.381 e. The van der Waals surface area contributed by atoms with Gasteiger partial charge < -0.3 is 4.74 Å². The second-order valence-corrected chi connectivity index (χ2v) is 4.51. The summed E-state index contributed by atoms with van der Waals surface area (Å²) in [5, 5.41) is 0. The highest BCUT2D eigenvalue weighted by Gasteiger charge is 2.74. The third-order valence-corrected chi connectivity index (χ3v) is 3.77. The summed E-state index contributed by atoms with van der Waals surface area (Å²) in [4.78, 5) is 11.9. The maximum Gasteiger partial charge on any atom is 0.142 e. The fraction of sp³-hybridized carbons (Fsp3) is 0.900. The van der Waals surface area contributed by atoms with Crippen LogP contribution in [-0.2, 0) is 9.53 Å². The highest BCUT2D eigenvalue weighted by Crippen LogP contribution is 2.76. The Labute approximate surface area is 72.3 Å². The standard InChI is InChI=1S/C10H14O2/c11-9(10-5-8(10)6-10)7-1-3-12-4-2-7/h7-8H,1-6H2. The Morgan fingerprint density at radius 2 is 1.83 bits per heavy atom. The molecule has 3 aliphatic rings. The van der Waals surface area contributed by atoms with Crippen molar-refractivity contribution in [1.82, 2.24) is 0 Å². The van der Waals surface area contributed by atoms with Gasteiger partial charge in [-0.15, -0.1) is 0 Å². The van der Waals surface area contributed by atoms with Gasteiger partial charge in [-0.3, -0.25) is 4.79 Å². The predicted molar refractivity (Wildman–Crippen MR) is 43.7 cm³/mol. The number of carbonyl (C=O) groups is 1. The Hall–Kier alpha value is -0.370. The first-order valence-corrected chi connectivity index (χ1v) is 4.95. The number of ether oxygens (including phenoxy) is 1. The molecule has 0 N–H and O–H groups in total. The molecule has 66 valence electrons. The van der Waals surface area contributed by atoms with Crippen LogP contribution in [0.1, 0.15) is 25.7 Å². The monoisotopic (exact) mass is 166 g/mol. The minimum atomic E-state index is 0.238. The average Bonchev–Trinajstić information content (AvgIpc) is 2.91. The van der Waals surface area contributed by atoms with Crippen molar-refractivity contribution >= 4 is 5.78 Å². The van der Waals surface area contributed by atoms with Crippen LogP contribution >= 0.6 is 0 Å². The molecule has 1 saturated heterocycles. The molecule has 0 aromatic carbocycles. The number of rotatable bonds is 2. The van der Waals surface area contributed by atoms with Crippen LogP contribution in [0.2, 0.25) is 0 Å². The molecule has 0 spiro atoms. The highest BCUT2D eigenvalue weighted by molar-refractivity contribution is 5.93. The topological polar surface area (TPSA) is 26.3 Å². The number of fused-ring (bicyclic) bond motifs is 1. The summed E-state index contributed by atoms with van der Waals surface area (Å²) >= 11 is 0. The van der Waals surface area contributed by atoms with E-state index in [9.17, 15) is 4.79 Å². The minimum absolute atomic E-state index is 0.238. The van der Waals surface area contributed by atoms with E-state index in [1.165, 1.54) is 12.8 Å². The van der Waals surface area contributed by atoms with Crippen molar-refractivity contribution < 1.29 is 9.53 Å². The normalized spacial score (nSPS) is 45.2. The summed E-state index contributed by atoms with van der Waals surface area (Å²) in [5.74, 6) is 1.75. The molecule has 3 rings (SSSR count). The smallest absolute Gasteiger partial charge is 0.142 e. The van der Waals surface area contributed by atoms with E-state index < -0.39 is 0 Å². The molecule has 2 saturated carbocycles. The predicted octanol–water partition coefficient (Wildman–Crippen LogP) is 1.39. The maximum atomic E-state index is 11.9. The molecule has 2 heteroatoms. The molecule has 0 amide bonds. The zero-order chi connectivity index (χ0) is 8.18. The minimum Gasteiger partial charge on any atom is -0.381 e. The number of hydrogen-bond donors (Lipinski definition) is 0. The van der Waals surface area contributed by atoms with Gasteiger partial charge in [0.25, 0.3) is 0 Å². The van der Waals surface area contributed by atoms with E-state index in [-0.39, 0.29) is 5.41 Å². The van der Waals surface area contributed by atoms with Gasteiger partial charge in [0.15, 0.2) is 0 Å². The number of Topliss-reactive ketones (excluding diaryl/α,β-unsaturated/α-hetero) is 1. The van der Waals surface area contributed by atoms with Crippen molar-refractivity contribution in [1.29, 1.82) is 0 Å². The summed E-state index contributed by atoms with van der Waals surface area (Å²) in [5.41, 5.74) is 0.238. The van der Waals surface area contributed by atoms with Crippen molar-refractivity contribution in [3.63, 3.8) is 0 Å². The van der Waals surface area contributed by atoms with Crippen LogP contribution < -0.4 is 0 Å². The fourth-order valence-corrected chi connectivity index (χ4v) is 2.47. The summed E-state index contributed by atoms with van der Waals surface area (Å²) in [6, 6.07) is 0. The Morgan fingerprint density at radius 1 is 1.25 bits per heavy atom. The van der Waals surface area contributed by atoms with E-state index in [0.29, 0.717) is 11.7 Å². The Kier molecular flexibility index (Phi) is 1.24. The Bertz CT molecular complexity index is 222. The third kappa shape index (κ3) is 0.817. The van der Waals surface area contributed by atoms with Crippen molar-refractivity contribution in [3.8, 4) is 0 Å².